The minimum atomic E-state index is -4.75. The third-order valence-corrected chi connectivity index (χ3v) is 5.16. The number of hydrogen-bond donors (Lipinski definition) is 1. The molecule has 1 atom stereocenters. The van der Waals surface area contributed by atoms with Gasteiger partial charge in [0.1, 0.15) is 6.61 Å². The van der Waals surface area contributed by atoms with Crippen molar-refractivity contribution in [3.05, 3.63) is 12.7 Å². The summed E-state index contributed by atoms with van der Waals surface area (Å²) < 4.78 is 41.1. The van der Waals surface area contributed by atoms with Crippen LogP contribution < -0.4 is 0 Å². The summed E-state index contributed by atoms with van der Waals surface area (Å²) >= 11 is 0. The van der Waals surface area contributed by atoms with Crippen molar-refractivity contribution in [2.45, 2.75) is 82.8 Å². The topological polar surface area (TPSA) is 107 Å². The first-order valence-electron chi connectivity index (χ1n) is 9.72. The van der Waals surface area contributed by atoms with Crippen molar-refractivity contribution in [3.8, 4) is 0 Å². The van der Waals surface area contributed by atoms with Gasteiger partial charge in [-0.2, -0.15) is 8.42 Å². The van der Waals surface area contributed by atoms with Crippen LogP contribution in [0.25, 0.3) is 0 Å². The molecule has 0 fully saturated rings. The molecule has 0 aromatic rings. The van der Waals surface area contributed by atoms with E-state index < -0.39 is 33.7 Å². The molecule has 9 heteroatoms. The zero-order valence-electron chi connectivity index (χ0n) is 16.4. The summed E-state index contributed by atoms with van der Waals surface area (Å²) in [4.78, 5) is 23.3. The molecule has 0 heterocycles. The van der Waals surface area contributed by atoms with Crippen LogP contribution in [0.3, 0.4) is 0 Å². The summed E-state index contributed by atoms with van der Waals surface area (Å²) in [6, 6.07) is 0. The molecular weight excluding hydrogens is 395 g/mol. The standard InChI is InChI=1S/C19H34O7S.Na.H/c1-3-5-6-7-8-9-10-11-12-13-15-25-18(20)16-17(27(22,23)24)19(21)26-14-4-2;;/h4,17H,2-3,5-16H2,1H3,(H,22,23,24);;. The van der Waals surface area contributed by atoms with Crippen LogP contribution in [0.15, 0.2) is 12.7 Å². The van der Waals surface area contributed by atoms with Crippen molar-refractivity contribution in [1.29, 1.82) is 0 Å². The van der Waals surface area contributed by atoms with Crippen LogP contribution in [0, 0.1) is 0 Å². The summed E-state index contributed by atoms with van der Waals surface area (Å²) in [5.41, 5.74) is 0. The molecule has 7 nitrogen and oxygen atoms in total. The van der Waals surface area contributed by atoms with Gasteiger partial charge in [-0.05, 0) is 6.42 Å². The monoisotopic (exact) mass is 430 g/mol. The van der Waals surface area contributed by atoms with E-state index in [4.69, 9.17) is 9.29 Å². The van der Waals surface area contributed by atoms with Crippen LogP contribution in [0.4, 0.5) is 0 Å². The Bertz CT molecular complexity index is 534. The number of hydrogen-bond acceptors (Lipinski definition) is 6. The molecule has 0 rings (SSSR count). The average Bonchev–Trinajstić information content (AvgIpc) is 2.61. The average molecular weight is 431 g/mol. The number of rotatable bonds is 17. The fraction of sp³-hybridized carbons (Fsp3) is 0.789. The maximum atomic E-state index is 11.7. The Morgan fingerprint density at radius 1 is 0.964 bits per heavy atom. The molecule has 0 saturated heterocycles. The summed E-state index contributed by atoms with van der Waals surface area (Å²) in [7, 11) is -4.75. The first kappa shape index (κ1) is 29.8. The molecule has 0 aliphatic heterocycles. The molecule has 0 bridgehead atoms. The Morgan fingerprint density at radius 2 is 1.46 bits per heavy atom. The third kappa shape index (κ3) is 16.5. The van der Waals surface area contributed by atoms with Gasteiger partial charge in [0.25, 0.3) is 10.1 Å². The Hall–Kier alpha value is -0.410. The Labute approximate surface area is 191 Å². The second-order valence-electron chi connectivity index (χ2n) is 6.53. The van der Waals surface area contributed by atoms with E-state index in [0.717, 1.165) is 19.3 Å². The predicted octanol–water partition coefficient (Wildman–Crippen LogP) is 3.18. The van der Waals surface area contributed by atoms with Crippen molar-refractivity contribution < 1.29 is 32.0 Å². The fourth-order valence-electron chi connectivity index (χ4n) is 2.53. The molecule has 0 aromatic carbocycles. The molecule has 160 valence electrons. The van der Waals surface area contributed by atoms with E-state index in [-0.39, 0.29) is 42.8 Å². The SMILES string of the molecule is C=CCOC(=O)C(CC(=O)OCCCCCCCCCCCC)S(=O)(=O)O.[NaH]. The summed E-state index contributed by atoms with van der Waals surface area (Å²) in [6.45, 7) is 5.48. The van der Waals surface area contributed by atoms with Crippen LogP contribution >= 0.6 is 0 Å². The zero-order valence-corrected chi connectivity index (χ0v) is 17.2. The second-order valence-corrected chi connectivity index (χ2v) is 8.13. The van der Waals surface area contributed by atoms with Gasteiger partial charge in [-0.15, -0.1) is 0 Å². The number of esters is 2. The van der Waals surface area contributed by atoms with Crippen molar-refractivity contribution in [2.24, 2.45) is 0 Å². The molecule has 0 aromatic heterocycles. The van der Waals surface area contributed by atoms with Crippen molar-refractivity contribution in [1.82, 2.24) is 0 Å². The Morgan fingerprint density at radius 3 is 1.93 bits per heavy atom. The van der Waals surface area contributed by atoms with Crippen molar-refractivity contribution in [3.63, 3.8) is 0 Å². The van der Waals surface area contributed by atoms with Gasteiger partial charge in [0.2, 0.25) is 0 Å². The Kier molecular flexibility index (Phi) is 19.8. The molecule has 0 aliphatic carbocycles. The quantitative estimate of drug-likeness (QED) is 0.124. The first-order chi connectivity index (χ1) is 12.8. The molecule has 0 aliphatic rings. The second kappa shape index (κ2) is 18.6. The van der Waals surface area contributed by atoms with Gasteiger partial charge >= 0.3 is 41.5 Å². The van der Waals surface area contributed by atoms with Crippen molar-refractivity contribution in [2.75, 3.05) is 13.2 Å². The van der Waals surface area contributed by atoms with E-state index >= 15 is 0 Å². The van der Waals surface area contributed by atoms with Gasteiger partial charge < -0.3 is 9.47 Å². The van der Waals surface area contributed by atoms with E-state index in [1.807, 2.05) is 0 Å². The number of carbonyl (C=O) groups is 2. The van der Waals surface area contributed by atoms with E-state index in [1.54, 1.807) is 0 Å². The molecule has 0 saturated carbocycles. The minimum absolute atomic E-state index is 0. The number of unbranched alkanes of at least 4 members (excludes halogenated alkanes) is 9. The predicted molar refractivity (Wildman–Crippen MR) is 111 cm³/mol. The van der Waals surface area contributed by atoms with Crippen LogP contribution in [0.2, 0.25) is 0 Å². The molecular formula is C19H35NaO7S. The molecule has 0 radical (unpaired) electrons. The Balaban J connectivity index is 0. The maximum absolute atomic E-state index is 11.7. The van der Waals surface area contributed by atoms with Gasteiger partial charge in [-0.1, -0.05) is 77.4 Å². The molecule has 0 amide bonds. The van der Waals surface area contributed by atoms with E-state index in [2.05, 4.69) is 18.2 Å². The number of carbonyl (C=O) groups excluding carboxylic acids is 2. The van der Waals surface area contributed by atoms with Gasteiger partial charge in [-0.3, -0.25) is 14.1 Å². The third-order valence-electron chi connectivity index (χ3n) is 4.08. The van der Waals surface area contributed by atoms with Gasteiger partial charge in [0.05, 0.1) is 13.0 Å². The van der Waals surface area contributed by atoms with Gasteiger partial charge in [-0.25, -0.2) is 0 Å². The summed E-state index contributed by atoms with van der Waals surface area (Å²) in [6.07, 6.45) is 11.9. The molecule has 28 heavy (non-hydrogen) atoms. The van der Waals surface area contributed by atoms with Crippen molar-refractivity contribution >= 4 is 51.6 Å². The first-order valence-corrected chi connectivity index (χ1v) is 11.2. The number of ether oxygens (including phenoxy) is 2. The zero-order chi connectivity index (χ0) is 20.5. The normalized spacial score (nSPS) is 11.9. The summed E-state index contributed by atoms with van der Waals surface area (Å²) in [5.74, 6) is -2.06. The van der Waals surface area contributed by atoms with Crippen LogP contribution in [0.1, 0.15) is 77.6 Å². The summed E-state index contributed by atoms with van der Waals surface area (Å²) in [5, 5.41) is -1.97. The van der Waals surface area contributed by atoms with E-state index in [9.17, 15) is 18.0 Å². The molecule has 1 N–H and O–H groups in total. The van der Waals surface area contributed by atoms with Crippen LogP contribution in [-0.4, -0.2) is 72.9 Å². The van der Waals surface area contributed by atoms with Crippen LogP contribution in [0.5, 0.6) is 0 Å². The van der Waals surface area contributed by atoms with E-state index in [1.165, 1.54) is 44.6 Å². The molecule has 0 spiro atoms. The van der Waals surface area contributed by atoms with Crippen LogP contribution in [-0.2, 0) is 29.2 Å². The fourth-order valence-corrected chi connectivity index (χ4v) is 3.19. The molecule has 1 unspecified atom stereocenters. The van der Waals surface area contributed by atoms with E-state index in [0.29, 0.717) is 6.42 Å². The van der Waals surface area contributed by atoms with Gasteiger partial charge in [0, 0.05) is 0 Å². The van der Waals surface area contributed by atoms with Gasteiger partial charge in [0.15, 0.2) is 5.25 Å².